The van der Waals surface area contributed by atoms with Gasteiger partial charge in [-0.1, -0.05) is 12.8 Å². The topological polar surface area (TPSA) is 98.7 Å². The second kappa shape index (κ2) is 12.2. The Hall–Kier alpha value is -1.30. The van der Waals surface area contributed by atoms with Gasteiger partial charge in [-0.2, -0.15) is 0 Å². The molecular formula is C12H24N2O4. The van der Waals surface area contributed by atoms with Crippen molar-refractivity contribution in [3.8, 4) is 0 Å². The minimum absolute atomic E-state index is 0.260. The first-order valence-corrected chi connectivity index (χ1v) is 6.52. The Labute approximate surface area is 108 Å². The van der Waals surface area contributed by atoms with Crippen LogP contribution in [0.25, 0.3) is 0 Å². The first kappa shape index (κ1) is 16.7. The summed E-state index contributed by atoms with van der Waals surface area (Å²) >= 11 is 0. The van der Waals surface area contributed by atoms with Crippen molar-refractivity contribution in [2.45, 2.75) is 44.9 Å². The van der Waals surface area contributed by atoms with E-state index in [4.69, 9.17) is 10.2 Å². The third-order valence-corrected chi connectivity index (χ3v) is 2.55. The van der Waals surface area contributed by atoms with Crippen molar-refractivity contribution in [2.75, 3.05) is 19.6 Å². The standard InChI is InChI=1S/C12H24N2O4/c15-11(16)7-3-1-4-8-13-9-5-2-6-10-14-12(17)18/h13-14H,1-10H2,(H,15,16)(H,17,18). The van der Waals surface area contributed by atoms with E-state index in [1.54, 1.807) is 0 Å². The Kier molecular flexibility index (Phi) is 11.3. The van der Waals surface area contributed by atoms with E-state index in [0.717, 1.165) is 51.6 Å². The summed E-state index contributed by atoms with van der Waals surface area (Å²) in [4.78, 5) is 20.4. The summed E-state index contributed by atoms with van der Waals surface area (Å²) in [5.41, 5.74) is 0. The second-order valence-corrected chi connectivity index (χ2v) is 4.25. The summed E-state index contributed by atoms with van der Waals surface area (Å²) in [6.45, 7) is 2.38. The van der Waals surface area contributed by atoms with Crippen molar-refractivity contribution < 1.29 is 19.8 Å². The number of nitrogens with one attached hydrogen (secondary N) is 2. The van der Waals surface area contributed by atoms with Gasteiger partial charge in [-0.15, -0.1) is 0 Å². The molecule has 0 aromatic carbocycles. The molecule has 0 saturated carbocycles. The number of hydrogen-bond donors (Lipinski definition) is 4. The van der Waals surface area contributed by atoms with Crippen molar-refractivity contribution in [1.82, 2.24) is 10.6 Å². The van der Waals surface area contributed by atoms with Gasteiger partial charge < -0.3 is 20.8 Å². The molecule has 0 unspecified atom stereocenters. The lowest BCUT2D eigenvalue weighted by atomic mass is 10.2. The van der Waals surface area contributed by atoms with Gasteiger partial charge in [0.25, 0.3) is 0 Å². The quantitative estimate of drug-likeness (QED) is 0.400. The molecule has 0 saturated heterocycles. The highest BCUT2D eigenvalue weighted by atomic mass is 16.4. The molecule has 0 aromatic heterocycles. The van der Waals surface area contributed by atoms with Crippen LogP contribution in [0.1, 0.15) is 44.9 Å². The molecule has 0 aliphatic rings. The van der Waals surface area contributed by atoms with Crippen LogP contribution >= 0.6 is 0 Å². The van der Waals surface area contributed by atoms with E-state index >= 15 is 0 Å². The summed E-state index contributed by atoms with van der Waals surface area (Å²) in [7, 11) is 0. The van der Waals surface area contributed by atoms with E-state index in [-0.39, 0.29) is 6.42 Å². The van der Waals surface area contributed by atoms with Gasteiger partial charge in [0.2, 0.25) is 0 Å². The monoisotopic (exact) mass is 260 g/mol. The molecule has 4 N–H and O–H groups in total. The Balaban J connectivity index is 2.99. The molecule has 0 rings (SSSR count). The molecule has 0 heterocycles. The minimum atomic E-state index is -0.963. The number of rotatable bonds is 12. The van der Waals surface area contributed by atoms with Gasteiger partial charge in [-0.3, -0.25) is 4.79 Å². The maximum absolute atomic E-state index is 10.2. The molecule has 0 aromatic rings. The van der Waals surface area contributed by atoms with Crippen molar-refractivity contribution in [3.05, 3.63) is 0 Å². The van der Waals surface area contributed by atoms with Crippen LogP contribution in [-0.2, 0) is 4.79 Å². The summed E-state index contributed by atoms with van der Waals surface area (Å²) in [5.74, 6) is -0.724. The maximum atomic E-state index is 10.2. The van der Waals surface area contributed by atoms with Gasteiger partial charge in [0.1, 0.15) is 0 Å². The van der Waals surface area contributed by atoms with Gasteiger partial charge in [-0.25, -0.2) is 4.79 Å². The van der Waals surface area contributed by atoms with Gasteiger partial charge in [0.15, 0.2) is 0 Å². The van der Waals surface area contributed by atoms with Crippen molar-refractivity contribution in [3.63, 3.8) is 0 Å². The zero-order valence-corrected chi connectivity index (χ0v) is 10.8. The lowest BCUT2D eigenvalue weighted by molar-refractivity contribution is -0.137. The van der Waals surface area contributed by atoms with E-state index in [9.17, 15) is 9.59 Å². The molecule has 0 spiro atoms. The van der Waals surface area contributed by atoms with Crippen LogP contribution in [0.15, 0.2) is 0 Å². The van der Waals surface area contributed by atoms with Crippen LogP contribution in [0, 0.1) is 0 Å². The molecule has 18 heavy (non-hydrogen) atoms. The molecular weight excluding hydrogens is 236 g/mol. The Morgan fingerprint density at radius 2 is 1.33 bits per heavy atom. The van der Waals surface area contributed by atoms with Crippen LogP contribution in [-0.4, -0.2) is 41.9 Å². The minimum Gasteiger partial charge on any atom is -0.481 e. The van der Waals surface area contributed by atoms with E-state index < -0.39 is 12.1 Å². The van der Waals surface area contributed by atoms with Crippen LogP contribution in [0.3, 0.4) is 0 Å². The fourth-order valence-corrected chi connectivity index (χ4v) is 1.58. The average Bonchev–Trinajstić information content (AvgIpc) is 2.29. The van der Waals surface area contributed by atoms with E-state index in [1.807, 2.05) is 0 Å². The van der Waals surface area contributed by atoms with E-state index in [1.165, 1.54) is 0 Å². The third kappa shape index (κ3) is 14.7. The Morgan fingerprint density at radius 3 is 1.89 bits per heavy atom. The zero-order valence-electron chi connectivity index (χ0n) is 10.8. The average molecular weight is 260 g/mol. The normalized spacial score (nSPS) is 10.2. The fourth-order valence-electron chi connectivity index (χ4n) is 1.58. The van der Waals surface area contributed by atoms with Gasteiger partial charge >= 0.3 is 12.1 Å². The predicted molar refractivity (Wildman–Crippen MR) is 68.9 cm³/mol. The SMILES string of the molecule is O=C(O)CCCCCNCCCCCNC(=O)O. The molecule has 0 atom stereocenters. The first-order valence-electron chi connectivity index (χ1n) is 6.52. The molecule has 1 amide bonds. The largest absolute Gasteiger partial charge is 0.481 e. The van der Waals surface area contributed by atoms with Gasteiger partial charge in [0, 0.05) is 13.0 Å². The molecule has 0 aliphatic carbocycles. The molecule has 0 fully saturated rings. The lowest BCUT2D eigenvalue weighted by Gasteiger charge is -2.04. The van der Waals surface area contributed by atoms with Crippen molar-refractivity contribution in [2.24, 2.45) is 0 Å². The van der Waals surface area contributed by atoms with Crippen molar-refractivity contribution >= 4 is 12.1 Å². The van der Waals surface area contributed by atoms with Crippen molar-refractivity contribution in [1.29, 1.82) is 0 Å². The molecule has 0 aliphatic heterocycles. The summed E-state index contributed by atoms with van der Waals surface area (Å²) in [5, 5.41) is 22.4. The zero-order chi connectivity index (χ0) is 13.6. The highest BCUT2D eigenvalue weighted by molar-refractivity contribution is 5.66. The van der Waals surface area contributed by atoms with Gasteiger partial charge in [0.05, 0.1) is 0 Å². The summed E-state index contributed by atoms with van der Waals surface area (Å²) in [6, 6.07) is 0. The number of aliphatic carboxylic acids is 1. The summed E-state index contributed by atoms with van der Waals surface area (Å²) < 4.78 is 0. The lowest BCUT2D eigenvalue weighted by Crippen LogP contribution is -2.22. The van der Waals surface area contributed by atoms with E-state index in [2.05, 4.69) is 10.6 Å². The molecule has 106 valence electrons. The van der Waals surface area contributed by atoms with Crippen LogP contribution in [0.2, 0.25) is 0 Å². The highest BCUT2D eigenvalue weighted by Gasteiger charge is 1.96. The van der Waals surface area contributed by atoms with Crippen LogP contribution in [0.5, 0.6) is 0 Å². The fraction of sp³-hybridized carbons (Fsp3) is 0.833. The number of amides is 1. The van der Waals surface area contributed by atoms with E-state index in [0.29, 0.717) is 6.54 Å². The smallest absolute Gasteiger partial charge is 0.404 e. The molecule has 6 nitrogen and oxygen atoms in total. The third-order valence-electron chi connectivity index (χ3n) is 2.55. The van der Waals surface area contributed by atoms with Gasteiger partial charge in [-0.05, 0) is 38.8 Å². The second-order valence-electron chi connectivity index (χ2n) is 4.25. The predicted octanol–water partition coefficient (Wildman–Crippen LogP) is 1.66. The number of carboxylic acid groups (broad SMARTS) is 2. The molecule has 0 radical (unpaired) electrons. The Bertz CT molecular complexity index is 210. The Morgan fingerprint density at radius 1 is 0.778 bits per heavy atom. The van der Waals surface area contributed by atoms with Crippen LogP contribution < -0.4 is 10.6 Å². The number of carbonyl (C=O) groups is 2. The number of unbranched alkanes of at least 4 members (excludes halogenated alkanes) is 4. The number of hydrogen-bond acceptors (Lipinski definition) is 3. The van der Waals surface area contributed by atoms with Crippen LogP contribution in [0.4, 0.5) is 4.79 Å². The number of carboxylic acids is 1. The highest BCUT2D eigenvalue weighted by Crippen LogP contribution is 1.98. The molecule has 6 heteroatoms. The molecule has 0 bridgehead atoms. The maximum Gasteiger partial charge on any atom is 0.404 e. The first-order chi connectivity index (χ1) is 8.63. The summed E-state index contributed by atoms with van der Waals surface area (Å²) in [6.07, 6.45) is 4.91.